The number of hydrogen-bond donors (Lipinski definition) is 0. The smallest absolute Gasteiger partial charge is 0.164 e. The molecule has 0 spiro atoms. The first-order valence-electron chi connectivity index (χ1n) is 5.52. The molecule has 0 aliphatic heterocycles. The second-order valence-corrected chi connectivity index (χ2v) is 6.25. The average molecular weight is 395 g/mol. The topological polar surface area (TPSA) is 17.1 Å². The zero-order chi connectivity index (χ0) is 12.1. The monoisotopic (exact) mass is 394 g/mol. The average Bonchev–Trinajstić information content (AvgIpc) is 2.21. The van der Waals surface area contributed by atoms with Gasteiger partial charge < -0.3 is 0 Å². The van der Waals surface area contributed by atoms with E-state index in [1.807, 2.05) is 18.2 Å². The summed E-state index contributed by atoms with van der Waals surface area (Å²) in [6, 6.07) is 5.89. The summed E-state index contributed by atoms with van der Waals surface area (Å²) in [5.74, 6) is 0.716. The Balaban J connectivity index is 2.76. The Morgan fingerprint density at radius 3 is 2.81 bits per heavy atom. The number of Topliss-reactive ketones (excluding diaryl/α,β-unsaturated/α-hetero) is 1. The predicted octanol–water partition coefficient (Wildman–Crippen LogP) is 5.06. The van der Waals surface area contributed by atoms with Crippen molar-refractivity contribution in [3.63, 3.8) is 0 Å². The Morgan fingerprint density at radius 2 is 2.19 bits per heavy atom. The van der Waals surface area contributed by atoms with Crippen molar-refractivity contribution in [3.05, 3.63) is 31.8 Å². The van der Waals surface area contributed by atoms with Crippen molar-refractivity contribution in [1.82, 2.24) is 0 Å². The molecule has 88 valence electrons. The molecule has 0 saturated heterocycles. The Morgan fingerprint density at radius 1 is 1.50 bits per heavy atom. The number of carbonyl (C=O) groups excluding carboxylic acids is 1. The molecule has 1 atom stereocenters. The van der Waals surface area contributed by atoms with Gasteiger partial charge in [-0.15, -0.1) is 0 Å². The molecule has 3 heteroatoms. The summed E-state index contributed by atoms with van der Waals surface area (Å²) in [7, 11) is 0. The van der Waals surface area contributed by atoms with Gasteiger partial charge in [-0.05, 0) is 46.7 Å². The molecule has 0 aliphatic carbocycles. The molecule has 0 amide bonds. The van der Waals surface area contributed by atoms with Gasteiger partial charge in [-0.3, -0.25) is 4.79 Å². The number of benzene rings is 1. The zero-order valence-electron chi connectivity index (χ0n) is 9.59. The molecule has 0 N–H and O–H groups in total. The fraction of sp³-hybridized carbons (Fsp3) is 0.462. The van der Waals surface area contributed by atoms with Gasteiger partial charge in [-0.1, -0.05) is 42.6 Å². The van der Waals surface area contributed by atoms with Crippen LogP contribution in [0.4, 0.5) is 0 Å². The van der Waals surface area contributed by atoms with Gasteiger partial charge in [-0.2, -0.15) is 0 Å². The second kappa shape index (κ2) is 6.74. The first-order valence-corrected chi connectivity index (χ1v) is 7.40. The largest absolute Gasteiger partial charge is 0.294 e. The minimum Gasteiger partial charge on any atom is -0.294 e. The molecular formula is C13H16BrIO. The lowest BCUT2D eigenvalue weighted by atomic mass is 9.96. The maximum atomic E-state index is 12.1. The van der Waals surface area contributed by atoms with Crippen LogP contribution in [0.2, 0.25) is 0 Å². The minimum atomic E-state index is 0.242. The molecule has 1 aromatic carbocycles. The Hall–Kier alpha value is 0.1000. The van der Waals surface area contributed by atoms with E-state index in [2.05, 4.69) is 52.4 Å². The zero-order valence-corrected chi connectivity index (χ0v) is 13.3. The molecule has 1 nitrogen and oxygen atoms in total. The van der Waals surface area contributed by atoms with Crippen LogP contribution in [0.1, 0.15) is 43.5 Å². The van der Waals surface area contributed by atoms with Crippen LogP contribution in [0.15, 0.2) is 22.7 Å². The highest BCUT2D eigenvalue weighted by molar-refractivity contribution is 14.1. The van der Waals surface area contributed by atoms with Crippen LogP contribution >= 0.6 is 38.5 Å². The van der Waals surface area contributed by atoms with Gasteiger partial charge >= 0.3 is 0 Å². The number of ketones is 1. The van der Waals surface area contributed by atoms with Crippen LogP contribution in [-0.2, 0) is 0 Å². The Labute approximate surface area is 119 Å². The SMILES string of the molecule is CCCC(C)CC(=O)c1cc(I)ccc1Br. The van der Waals surface area contributed by atoms with Gasteiger partial charge in [0.2, 0.25) is 0 Å². The fourth-order valence-electron chi connectivity index (χ4n) is 1.73. The van der Waals surface area contributed by atoms with Gasteiger partial charge in [0.05, 0.1) is 0 Å². The summed E-state index contributed by atoms with van der Waals surface area (Å²) in [5.41, 5.74) is 0.815. The van der Waals surface area contributed by atoms with E-state index < -0.39 is 0 Å². The van der Waals surface area contributed by atoms with Crippen LogP contribution in [-0.4, -0.2) is 5.78 Å². The highest BCUT2D eigenvalue weighted by atomic mass is 127. The number of halogens is 2. The molecule has 1 aromatic rings. The molecule has 0 bridgehead atoms. The lowest BCUT2D eigenvalue weighted by molar-refractivity contribution is 0.0962. The molecule has 0 saturated carbocycles. The van der Waals surface area contributed by atoms with Crippen LogP contribution in [0.25, 0.3) is 0 Å². The van der Waals surface area contributed by atoms with E-state index in [0.29, 0.717) is 12.3 Å². The van der Waals surface area contributed by atoms with Crippen LogP contribution < -0.4 is 0 Å². The van der Waals surface area contributed by atoms with Crippen molar-refractivity contribution < 1.29 is 4.79 Å². The van der Waals surface area contributed by atoms with E-state index in [1.54, 1.807) is 0 Å². The van der Waals surface area contributed by atoms with Crippen molar-refractivity contribution in [2.75, 3.05) is 0 Å². The summed E-state index contributed by atoms with van der Waals surface area (Å²) in [6.45, 7) is 4.30. The number of rotatable bonds is 5. The van der Waals surface area contributed by atoms with Crippen LogP contribution in [0.5, 0.6) is 0 Å². The first kappa shape index (κ1) is 14.2. The molecule has 16 heavy (non-hydrogen) atoms. The van der Waals surface area contributed by atoms with E-state index in [4.69, 9.17) is 0 Å². The summed E-state index contributed by atoms with van der Waals surface area (Å²) in [4.78, 5) is 12.1. The van der Waals surface area contributed by atoms with Crippen LogP contribution in [0, 0.1) is 9.49 Å². The standard InChI is InChI=1S/C13H16BrIO/c1-3-4-9(2)7-13(16)11-8-10(15)5-6-12(11)14/h5-6,8-9H,3-4,7H2,1-2H3. The lowest BCUT2D eigenvalue weighted by Gasteiger charge is -2.10. The first-order chi connectivity index (χ1) is 7.54. The maximum Gasteiger partial charge on any atom is 0.164 e. The van der Waals surface area contributed by atoms with Crippen molar-refractivity contribution in [3.8, 4) is 0 Å². The van der Waals surface area contributed by atoms with E-state index in [9.17, 15) is 4.79 Å². The van der Waals surface area contributed by atoms with Gasteiger partial charge in [-0.25, -0.2) is 0 Å². The predicted molar refractivity (Wildman–Crippen MR) is 79.9 cm³/mol. The molecule has 1 rings (SSSR count). The van der Waals surface area contributed by atoms with Crippen molar-refractivity contribution in [2.24, 2.45) is 5.92 Å². The Kier molecular flexibility index (Phi) is 5.97. The molecule has 0 aliphatic rings. The van der Waals surface area contributed by atoms with E-state index in [0.717, 1.165) is 26.4 Å². The van der Waals surface area contributed by atoms with Gasteiger partial charge in [0.25, 0.3) is 0 Å². The third-order valence-electron chi connectivity index (χ3n) is 2.54. The summed E-state index contributed by atoms with van der Waals surface area (Å²) < 4.78 is 2.01. The van der Waals surface area contributed by atoms with E-state index in [-0.39, 0.29) is 5.78 Å². The summed E-state index contributed by atoms with van der Waals surface area (Å²) in [5, 5.41) is 0. The van der Waals surface area contributed by atoms with Crippen molar-refractivity contribution in [2.45, 2.75) is 33.1 Å². The molecular weight excluding hydrogens is 379 g/mol. The fourth-order valence-corrected chi connectivity index (χ4v) is 2.69. The normalized spacial score (nSPS) is 12.5. The van der Waals surface area contributed by atoms with Crippen molar-refractivity contribution >= 4 is 44.3 Å². The van der Waals surface area contributed by atoms with Gasteiger partial charge in [0, 0.05) is 20.0 Å². The van der Waals surface area contributed by atoms with E-state index >= 15 is 0 Å². The molecule has 0 radical (unpaired) electrons. The molecule has 0 aromatic heterocycles. The van der Waals surface area contributed by atoms with Crippen molar-refractivity contribution in [1.29, 1.82) is 0 Å². The Bertz CT molecular complexity index is 376. The molecule has 0 heterocycles. The number of hydrogen-bond acceptors (Lipinski definition) is 1. The third-order valence-corrected chi connectivity index (χ3v) is 3.91. The van der Waals surface area contributed by atoms with Gasteiger partial charge in [0.1, 0.15) is 0 Å². The summed E-state index contributed by atoms with van der Waals surface area (Å²) >= 11 is 5.67. The van der Waals surface area contributed by atoms with E-state index in [1.165, 1.54) is 0 Å². The van der Waals surface area contributed by atoms with Crippen LogP contribution in [0.3, 0.4) is 0 Å². The maximum absolute atomic E-state index is 12.1. The number of carbonyl (C=O) groups is 1. The quantitative estimate of drug-likeness (QED) is 0.503. The minimum absolute atomic E-state index is 0.242. The lowest BCUT2D eigenvalue weighted by Crippen LogP contribution is -2.07. The molecule has 1 unspecified atom stereocenters. The highest BCUT2D eigenvalue weighted by Gasteiger charge is 2.13. The third kappa shape index (κ3) is 4.17. The highest BCUT2D eigenvalue weighted by Crippen LogP contribution is 2.23. The van der Waals surface area contributed by atoms with Gasteiger partial charge in [0.15, 0.2) is 5.78 Å². The summed E-state index contributed by atoms with van der Waals surface area (Å²) in [6.07, 6.45) is 2.90. The second-order valence-electron chi connectivity index (χ2n) is 4.15. The molecule has 0 fully saturated rings.